The Kier molecular flexibility index (Phi) is 8.95. The number of amides is 3. The van der Waals surface area contributed by atoms with E-state index >= 15 is 0 Å². The van der Waals surface area contributed by atoms with Crippen LogP contribution in [0.15, 0.2) is 58.6 Å². The molecule has 2 rings (SSSR count). The Balaban J connectivity index is 1.99. The third-order valence-electron chi connectivity index (χ3n) is 3.82. The van der Waals surface area contributed by atoms with Crippen LogP contribution in [0.25, 0.3) is 0 Å². The monoisotopic (exact) mass is 486 g/mol. The first kappa shape index (κ1) is 23.8. The van der Waals surface area contributed by atoms with E-state index in [1.165, 1.54) is 12.3 Å². The van der Waals surface area contributed by atoms with Gasteiger partial charge in [-0.3, -0.25) is 14.4 Å². The minimum Gasteiger partial charge on any atom is -0.483 e. The molecule has 0 saturated carbocycles. The summed E-state index contributed by atoms with van der Waals surface area (Å²) in [7, 11) is 0. The maximum atomic E-state index is 12.3. The van der Waals surface area contributed by atoms with Gasteiger partial charge in [0, 0.05) is 22.3 Å². The summed E-state index contributed by atoms with van der Waals surface area (Å²) < 4.78 is 6.36. The zero-order valence-electron chi connectivity index (χ0n) is 17.2. The van der Waals surface area contributed by atoms with Crippen LogP contribution in [0.3, 0.4) is 0 Å². The van der Waals surface area contributed by atoms with Gasteiger partial charge in [-0.25, -0.2) is 5.43 Å². The van der Waals surface area contributed by atoms with Crippen molar-refractivity contribution in [3.05, 3.63) is 70.2 Å². The largest absolute Gasteiger partial charge is 0.483 e. The van der Waals surface area contributed by atoms with Crippen LogP contribution in [0.4, 0.5) is 5.69 Å². The highest BCUT2D eigenvalue weighted by Crippen LogP contribution is 2.22. The summed E-state index contributed by atoms with van der Waals surface area (Å²) in [5.74, 6) is -1.68. The Labute approximate surface area is 188 Å². The van der Waals surface area contributed by atoms with Crippen LogP contribution in [0.2, 0.25) is 0 Å². The van der Waals surface area contributed by atoms with Crippen molar-refractivity contribution >= 4 is 45.6 Å². The highest BCUT2D eigenvalue weighted by atomic mass is 79.9. The maximum absolute atomic E-state index is 12.3. The second kappa shape index (κ2) is 11.7. The van der Waals surface area contributed by atoms with E-state index in [1.807, 2.05) is 32.0 Å². The standard InChI is InChI=1S/C22H23BrN4O4/c1-4-7-24-21(29)22(30)27-25-12-16-11-17(23)5-6-19(16)31-13-20(28)26-18-9-14(2)8-15(3)10-18/h4-6,8-12H,1,7,13H2,2-3H3,(H,24,29)(H,26,28)(H,27,30)/b25-12-. The van der Waals surface area contributed by atoms with Gasteiger partial charge < -0.3 is 15.4 Å². The molecule has 0 fully saturated rings. The molecule has 162 valence electrons. The molecule has 0 radical (unpaired) electrons. The van der Waals surface area contributed by atoms with Crippen molar-refractivity contribution < 1.29 is 19.1 Å². The highest BCUT2D eigenvalue weighted by molar-refractivity contribution is 9.10. The van der Waals surface area contributed by atoms with Crippen LogP contribution in [-0.4, -0.2) is 37.1 Å². The third kappa shape index (κ3) is 8.06. The summed E-state index contributed by atoms with van der Waals surface area (Å²) >= 11 is 3.35. The molecule has 0 atom stereocenters. The molecular weight excluding hydrogens is 464 g/mol. The summed E-state index contributed by atoms with van der Waals surface area (Å²) in [4.78, 5) is 35.4. The normalized spacial score (nSPS) is 10.4. The number of nitrogens with one attached hydrogen (secondary N) is 3. The van der Waals surface area contributed by atoms with E-state index in [0.717, 1.165) is 15.6 Å². The fraction of sp³-hybridized carbons (Fsp3) is 0.182. The van der Waals surface area contributed by atoms with Crippen molar-refractivity contribution in [1.29, 1.82) is 0 Å². The molecule has 0 aliphatic rings. The smallest absolute Gasteiger partial charge is 0.329 e. The second-order valence-corrected chi connectivity index (χ2v) is 7.51. The third-order valence-corrected chi connectivity index (χ3v) is 4.31. The van der Waals surface area contributed by atoms with E-state index in [0.29, 0.717) is 17.0 Å². The fourth-order valence-electron chi connectivity index (χ4n) is 2.60. The minimum absolute atomic E-state index is 0.170. The number of aryl methyl sites for hydroxylation is 2. The van der Waals surface area contributed by atoms with Gasteiger partial charge in [-0.2, -0.15) is 5.10 Å². The van der Waals surface area contributed by atoms with Crippen LogP contribution in [0.1, 0.15) is 16.7 Å². The number of rotatable bonds is 8. The van der Waals surface area contributed by atoms with Crippen LogP contribution in [0.5, 0.6) is 5.75 Å². The van der Waals surface area contributed by atoms with Crippen molar-refractivity contribution in [2.75, 3.05) is 18.5 Å². The van der Waals surface area contributed by atoms with Gasteiger partial charge >= 0.3 is 11.8 Å². The van der Waals surface area contributed by atoms with Gasteiger partial charge in [-0.1, -0.05) is 28.1 Å². The molecule has 0 bridgehead atoms. The zero-order chi connectivity index (χ0) is 22.8. The minimum atomic E-state index is -0.914. The molecule has 0 aromatic heterocycles. The zero-order valence-corrected chi connectivity index (χ0v) is 18.8. The number of hydrogen-bond acceptors (Lipinski definition) is 5. The first-order valence-corrected chi connectivity index (χ1v) is 10.1. The topological polar surface area (TPSA) is 109 Å². The molecule has 2 aromatic carbocycles. The van der Waals surface area contributed by atoms with Crippen molar-refractivity contribution in [3.8, 4) is 5.75 Å². The van der Waals surface area contributed by atoms with Crippen LogP contribution < -0.4 is 20.8 Å². The van der Waals surface area contributed by atoms with Gasteiger partial charge in [0.2, 0.25) is 0 Å². The molecule has 9 heteroatoms. The van der Waals surface area contributed by atoms with E-state index in [-0.39, 0.29) is 19.1 Å². The molecular formula is C22H23BrN4O4. The molecule has 0 heterocycles. The molecule has 3 N–H and O–H groups in total. The molecule has 0 saturated heterocycles. The quantitative estimate of drug-likeness (QED) is 0.230. The average Bonchev–Trinajstić information content (AvgIpc) is 2.70. The molecule has 3 amide bonds. The first-order chi connectivity index (χ1) is 14.8. The Morgan fingerprint density at radius 1 is 1.10 bits per heavy atom. The van der Waals surface area contributed by atoms with Crippen molar-refractivity contribution in [3.63, 3.8) is 0 Å². The molecule has 0 aliphatic carbocycles. The fourth-order valence-corrected chi connectivity index (χ4v) is 2.97. The van der Waals surface area contributed by atoms with Crippen molar-refractivity contribution in [1.82, 2.24) is 10.7 Å². The van der Waals surface area contributed by atoms with Crippen molar-refractivity contribution in [2.45, 2.75) is 13.8 Å². The average molecular weight is 487 g/mol. The second-order valence-electron chi connectivity index (χ2n) is 6.59. The van der Waals surface area contributed by atoms with Gasteiger partial charge in [0.05, 0.1) is 6.21 Å². The summed E-state index contributed by atoms with van der Waals surface area (Å²) in [6.07, 6.45) is 2.77. The van der Waals surface area contributed by atoms with Gasteiger partial charge in [0.1, 0.15) is 5.75 Å². The number of benzene rings is 2. The number of anilines is 1. The van der Waals surface area contributed by atoms with E-state index in [9.17, 15) is 14.4 Å². The summed E-state index contributed by atoms with van der Waals surface area (Å²) in [6.45, 7) is 7.31. The van der Waals surface area contributed by atoms with Crippen molar-refractivity contribution in [2.24, 2.45) is 5.10 Å². The molecule has 31 heavy (non-hydrogen) atoms. The number of nitrogens with zero attached hydrogens (tertiary/aromatic N) is 1. The number of hydrazone groups is 1. The van der Waals surface area contributed by atoms with E-state index in [1.54, 1.807) is 18.2 Å². The van der Waals surface area contributed by atoms with Gasteiger partial charge in [0.15, 0.2) is 6.61 Å². The lowest BCUT2D eigenvalue weighted by atomic mass is 10.1. The van der Waals surface area contributed by atoms with Crippen LogP contribution >= 0.6 is 15.9 Å². The van der Waals surface area contributed by atoms with Gasteiger partial charge in [0.25, 0.3) is 5.91 Å². The summed E-state index contributed by atoms with van der Waals surface area (Å²) in [6, 6.07) is 10.9. The number of ether oxygens (including phenoxy) is 1. The van der Waals surface area contributed by atoms with E-state index < -0.39 is 11.8 Å². The maximum Gasteiger partial charge on any atom is 0.329 e. The summed E-state index contributed by atoms with van der Waals surface area (Å²) in [5.41, 5.74) is 5.41. The Morgan fingerprint density at radius 3 is 2.48 bits per heavy atom. The van der Waals surface area contributed by atoms with Gasteiger partial charge in [-0.05, 0) is 55.3 Å². The molecule has 0 unspecified atom stereocenters. The Bertz CT molecular complexity index is 1000. The predicted molar refractivity (Wildman–Crippen MR) is 123 cm³/mol. The predicted octanol–water partition coefficient (Wildman–Crippen LogP) is 2.84. The number of hydrogen-bond donors (Lipinski definition) is 3. The Hall–Kier alpha value is -3.46. The lowest BCUT2D eigenvalue weighted by Gasteiger charge is -2.11. The van der Waals surface area contributed by atoms with E-state index in [4.69, 9.17) is 4.74 Å². The van der Waals surface area contributed by atoms with E-state index in [2.05, 4.69) is 43.7 Å². The molecule has 0 aliphatic heterocycles. The first-order valence-electron chi connectivity index (χ1n) is 9.31. The number of carbonyl (C=O) groups is 3. The van der Waals surface area contributed by atoms with Crippen LogP contribution in [-0.2, 0) is 14.4 Å². The summed E-state index contributed by atoms with van der Waals surface area (Å²) in [5, 5.41) is 8.91. The molecule has 8 nitrogen and oxygen atoms in total. The SMILES string of the molecule is C=CCNC(=O)C(=O)N/N=C\c1cc(Br)ccc1OCC(=O)Nc1cc(C)cc(C)c1. The molecule has 0 spiro atoms. The lowest BCUT2D eigenvalue weighted by Crippen LogP contribution is -2.37. The van der Waals surface area contributed by atoms with Crippen LogP contribution in [0, 0.1) is 13.8 Å². The number of halogens is 1. The highest BCUT2D eigenvalue weighted by Gasteiger charge is 2.11. The van der Waals surface area contributed by atoms with Gasteiger partial charge in [-0.15, -0.1) is 6.58 Å². The molecule has 2 aromatic rings. The Morgan fingerprint density at radius 2 is 1.81 bits per heavy atom. The lowest BCUT2D eigenvalue weighted by molar-refractivity contribution is -0.139. The number of carbonyl (C=O) groups excluding carboxylic acids is 3.